The van der Waals surface area contributed by atoms with Crippen molar-refractivity contribution in [3.63, 3.8) is 0 Å². The van der Waals surface area contributed by atoms with Crippen LogP contribution in [0.3, 0.4) is 0 Å². The van der Waals surface area contributed by atoms with E-state index in [-0.39, 0.29) is 41.1 Å². The highest BCUT2D eigenvalue weighted by atomic mass is 35.5. The first-order valence-electron chi connectivity index (χ1n) is 16.3. The molecule has 2 saturated heterocycles. The van der Waals surface area contributed by atoms with E-state index in [1.54, 1.807) is 31.2 Å². The van der Waals surface area contributed by atoms with E-state index in [1.807, 2.05) is 49.4 Å². The predicted octanol–water partition coefficient (Wildman–Crippen LogP) is 7.34. The number of carbonyl (C=O) groups is 4. The average molecular weight is 663 g/mol. The molecular formula is C39H32ClFN2O5. The summed E-state index contributed by atoms with van der Waals surface area (Å²) in [6.07, 6.45) is 3.22. The first kappa shape index (κ1) is 30.5. The molecule has 1 saturated carbocycles. The van der Waals surface area contributed by atoms with E-state index in [0.717, 1.165) is 33.9 Å². The summed E-state index contributed by atoms with van der Waals surface area (Å²) in [4.78, 5) is 59.7. The molecule has 9 heteroatoms. The van der Waals surface area contributed by atoms with Gasteiger partial charge in [-0.25, -0.2) is 9.29 Å². The standard InChI is InChI=1S/C39H32ClFN2O5/c1-3-20-8-11-22(12-9-20)42-35(45)26-16-15-25-28(32(26)37(42)47)19-29-36(46)43(23-13-17-31(41)30(40)18-23)38(48)39(29,2)33(25)27-14-10-21-6-4-5-7-24(21)34(27)44/h4-15,17-18,26,28-29,32-33,44H,3,16,19H2,1-2H3/t26-,28+,29-,32-,33+,39+/m0/s1. The van der Waals surface area contributed by atoms with Crippen LogP contribution in [-0.4, -0.2) is 28.7 Å². The highest BCUT2D eigenvalue weighted by Crippen LogP contribution is 2.64. The number of amides is 4. The van der Waals surface area contributed by atoms with Crippen LogP contribution in [-0.2, 0) is 25.6 Å². The number of hydrogen-bond acceptors (Lipinski definition) is 5. The highest BCUT2D eigenvalue weighted by Gasteiger charge is 2.68. The average Bonchev–Trinajstić information content (AvgIpc) is 3.46. The number of phenolic OH excluding ortho intramolecular Hbond substituents is 1. The lowest BCUT2D eigenvalue weighted by Crippen LogP contribution is -2.48. The maximum atomic E-state index is 14.7. The van der Waals surface area contributed by atoms with E-state index < -0.39 is 52.6 Å². The molecule has 8 rings (SSSR count). The van der Waals surface area contributed by atoms with Crippen molar-refractivity contribution < 1.29 is 28.7 Å². The molecule has 4 aromatic carbocycles. The van der Waals surface area contributed by atoms with Crippen molar-refractivity contribution in [3.05, 3.63) is 112 Å². The van der Waals surface area contributed by atoms with Gasteiger partial charge in [0, 0.05) is 16.9 Å². The lowest BCUT2D eigenvalue weighted by Gasteiger charge is -2.49. The molecule has 3 fully saturated rings. The van der Waals surface area contributed by atoms with Crippen molar-refractivity contribution in [2.45, 2.75) is 39.0 Å². The maximum Gasteiger partial charge on any atom is 0.241 e. The Hall–Kier alpha value is -4.82. The second kappa shape index (κ2) is 10.9. The quantitative estimate of drug-likeness (QED) is 0.182. The summed E-state index contributed by atoms with van der Waals surface area (Å²) in [5.41, 5.74) is 1.62. The first-order chi connectivity index (χ1) is 23.1. The zero-order chi connectivity index (χ0) is 33.6. The van der Waals surface area contributed by atoms with Gasteiger partial charge in [-0.3, -0.25) is 24.1 Å². The second-order valence-corrected chi connectivity index (χ2v) is 13.9. The summed E-state index contributed by atoms with van der Waals surface area (Å²) < 4.78 is 14.2. The van der Waals surface area contributed by atoms with Crippen LogP contribution in [0, 0.1) is 34.9 Å². The number of fused-ring (bicyclic) bond motifs is 5. The van der Waals surface area contributed by atoms with E-state index in [9.17, 15) is 28.7 Å². The minimum atomic E-state index is -1.37. The van der Waals surface area contributed by atoms with Gasteiger partial charge in [0.15, 0.2) is 0 Å². The number of aryl methyl sites for hydroxylation is 1. The Morgan fingerprint density at radius 1 is 0.875 bits per heavy atom. The number of aromatic hydroxyl groups is 1. The van der Waals surface area contributed by atoms with Gasteiger partial charge in [-0.15, -0.1) is 0 Å². The van der Waals surface area contributed by atoms with Crippen molar-refractivity contribution in [2.24, 2.45) is 29.1 Å². The topological polar surface area (TPSA) is 95.0 Å². The summed E-state index contributed by atoms with van der Waals surface area (Å²) in [6.45, 7) is 3.78. The van der Waals surface area contributed by atoms with Gasteiger partial charge in [0.25, 0.3) is 0 Å². The number of phenols is 1. The molecule has 0 aromatic heterocycles. The van der Waals surface area contributed by atoms with Crippen molar-refractivity contribution >= 4 is 57.4 Å². The largest absolute Gasteiger partial charge is 0.507 e. The highest BCUT2D eigenvalue weighted by molar-refractivity contribution is 6.32. The molecule has 4 aliphatic rings. The molecule has 0 bridgehead atoms. The van der Waals surface area contributed by atoms with Crippen LogP contribution in [0.1, 0.15) is 43.7 Å². The van der Waals surface area contributed by atoms with Crippen LogP contribution in [0.2, 0.25) is 5.02 Å². The zero-order valence-electron chi connectivity index (χ0n) is 26.3. The Labute approximate surface area is 281 Å². The second-order valence-electron chi connectivity index (χ2n) is 13.5. The summed E-state index contributed by atoms with van der Waals surface area (Å²) in [7, 11) is 0. The van der Waals surface area contributed by atoms with Crippen LogP contribution in [0.25, 0.3) is 10.8 Å². The molecule has 4 aromatic rings. The van der Waals surface area contributed by atoms with Crippen molar-refractivity contribution in [1.29, 1.82) is 0 Å². The fraction of sp³-hybridized carbons (Fsp3) is 0.282. The molecule has 7 nitrogen and oxygen atoms in total. The molecule has 0 radical (unpaired) electrons. The first-order valence-corrected chi connectivity index (χ1v) is 16.6. The van der Waals surface area contributed by atoms with Crippen LogP contribution < -0.4 is 9.80 Å². The van der Waals surface area contributed by atoms with E-state index in [4.69, 9.17) is 11.6 Å². The van der Waals surface area contributed by atoms with Crippen molar-refractivity contribution in [2.75, 3.05) is 9.80 Å². The Morgan fingerprint density at radius 3 is 2.33 bits per heavy atom. The molecule has 2 heterocycles. The normalized spacial score (nSPS) is 28.1. The van der Waals surface area contributed by atoms with Gasteiger partial charge < -0.3 is 5.11 Å². The molecule has 2 aliphatic heterocycles. The number of hydrogen-bond donors (Lipinski definition) is 1. The third-order valence-electron chi connectivity index (χ3n) is 11.3. The molecule has 0 unspecified atom stereocenters. The third kappa shape index (κ3) is 4.11. The molecule has 1 N–H and O–H groups in total. The van der Waals surface area contributed by atoms with Crippen LogP contribution in [0.4, 0.5) is 15.8 Å². The van der Waals surface area contributed by atoms with E-state index in [0.29, 0.717) is 16.6 Å². The number of nitrogens with zero attached hydrogens (tertiary/aromatic N) is 2. The summed E-state index contributed by atoms with van der Waals surface area (Å²) >= 11 is 6.11. The number of carbonyl (C=O) groups excluding carboxylic acids is 4. The van der Waals surface area contributed by atoms with Crippen LogP contribution in [0.5, 0.6) is 5.75 Å². The summed E-state index contributed by atoms with van der Waals surface area (Å²) in [5, 5.41) is 13.0. The van der Waals surface area contributed by atoms with Gasteiger partial charge in [-0.2, -0.15) is 0 Å². The van der Waals surface area contributed by atoms with E-state index in [2.05, 4.69) is 0 Å². The molecule has 0 spiro atoms. The number of anilines is 2. The van der Waals surface area contributed by atoms with Gasteiger partial charge in [-0.1, -0.05) is 78.7 Å². The smallest absolute Gasteiger partial charge is 0.241 e. The minimum Gasteiger partial charge on any atom is -0.507 e. The molecule has 2 aliphatic carbocycles. The molecule has 4 amide bonds. The van der Waals surface area contributed by atoms with Gasteiger partial charge in [0.1, 0.15) is 11.6 Å². The molecule has 242 valence electrons. The van der Waals surface area contributed by atoms with E-state index in [1.165, 1.54) is 17.0 Å². The summed E-state index contributed by atoms with van der Waals surface area (Å²) in [5.74, 6) is -5.85. The number of allylic oxidation sites excluding steroid dienone is 2. The lowest BCUT2D eigenvalue weighted by molar-refractivity contribution is -0.131. The fourth-order valence-electron chi connectivity index (χ4n) is 8.87. The Balaban J connectivity index is 1.29. The van der Waals surface area contributed by atoms with Crippen molar-refractivity contribution in [1.82, 2.24) is 0 Å². The lowest BCUT2D eigenvalue weighted by atomic mass is 9.51. The molecule has 6 atom stereocenters. The number of benzene rings is 4. The van der Waals surface area contributed by atoms with Crippen molar-refractivity contribution in [3.8, 4) is 5.75 Å². The number of imide groups is 2. The van der Waals surface area contributed by atoms with E-state index >= 15 is 0 Å². The zero-order valence-corrected chi connectivity index (χ0v) is 27.1. The third-order valence-corrected chi connectivity index (χ3v) is 11.6. The molecular weight excluding hydrogens is 631 g/mol. The predicted molar refractivity (Wildman–Crippen MR) is 180 cm³/mol. The fourth-order valence-corrected chi connectivity index (χ4v) is 9.04. The Kier molecular flexibility index (Phi) is 6.90. The Morgan fingerprint density at radius 2 is 1.60 bits per heavy atom. The minimum absolute atomic E-state index is 0.00302. The van der Waals surface area contributed by atoms with Gasteiger partial charge >= 0.3 is 0 Å². The van der Waals surface area contributed by atoms with Crippen LogP contribution in [0.15, 0.2) is 90.5 Å². The molecule has 48 heavy (non-hydrogen) atoms. The summed E-state index contributed by atoms with van der Waals surface area (Å²) in [6, 6.07) is 22.2. The van der Waals surface area contributed by atoms with Crippen LogP contribution >= 0.6 is 11.6 Å². The maximum absolute atomic E-state index is 14.7. The van der Waals surface area contributed by atoms with Gasteiger partial charge in [-0.05, 0) is 73.4 Å². The van der Waals surface area contributed by atoms with Gasteiger partial charge in [0.2, 0.25) is 23.6 Å². The number of halogens is 2. The van der Waals surface area contributed by atoms with Gasteiger partial charge in [0.05, 0.1) is 39.6 Å². The number of rotatable bonds is 4. The monoisotopic (exact) mass is 662 g/mol. The SMILES string of the molecule is CCc1ccc(N2C(=O)[C@H]3[C@H](CC=C4[C@H]3C[C@H]3C(=O)N(c5ccc(F)c(Cl)c5)C(=O)[C@@]3(C)[C@H]4c3ccc4ccccc4c3O)C2=O)cc1. The Bertz CT molecular complexity index is 2110.